The summed E-state index contributed by atoms with van der Waals surface area (Å²) in [6.45, 7) is 0.386. The van der Waals surface area contributed by atoms with Gasteiger partial charge in [0.2, 0.25) is 0 Å². The van der Waals surface area contributed by atoms with Gasteiger partial charge in [0.1, 0.15) is 0 Å². The molecule has 0 bridgehead atoms. The van der Waals surface area contributed by atoms with Crippen molar-refractivity contribution in [2.45, 2.75) is 29.3 Å². The Balaban J connectivity index is 2.48. The van der Waals surface area contributed by atoms with Crippen LogP contribution < -0.4 is 10.6 Å². The first-order chi connectivity index (χ1) is 10.2. The molecule has 1 aromatic rings. The first-order valence-corrected chi connectivity index (χ1v) is 7.35. The van der Waals surface area contributed by atoms with Crippen LogP contribution in [0.3, 0.4) is 0 Å². The lowest BCUT2D eigenvalue weighted by atomic mass is 10.2. The van der Waals surface area contributed by atoms with E-state index in [-0.39, 0.29) is 11.8 Å². The average Bonchev–Trinajstić information content (AvgIpc) is 2.42. The Bertz CT molecular complexity index is 481. The van der Waals surface area contributed by atoms with Crippen molar-refractivity contribution in [3.8, 4) is 0 Å². The van der Waals surface area contributed by atoms with Crippen LogP contribution in [-0.4, -0.2) is 36.7 Å². The lowest BCUT2D eigenvalue weighted by Crippen LogP contribution is -2.45. The minimum atomic E-state index is -4.55. The predicted octanol–water partition coefficient (Wildman–Crippen LogP) is 3.36. The Kier molecular flexibility index (Phi) is 7.21. The summed E-state index contributed by atoms with van der Waals surface area (Å²) in [5, 5.41) is 5.13. The van der Waals surface area contributed by atoms with Crippen LogP contribution in [0.15, 0.2) is 29.2 Å². The molecule has 1 rings (SSSR count). The van der Waals surface area contributed by atoms with Gasteiger partial charge in [-0.15, -0.1) is 12.6 Å². The number of carbonyl (C=O) groups is 1. The van der Waals surface area contributed by atoms with Gasteiger partial charge in [-0.25, -0.2) is 4.79 Å². The van der Waals surface area contributed by atoms with Gasteiger partial charge in [-0.2, -0.15) is 25.8 Å². The molecule has 0 aliphatic carbocycles. The molecule has 22 heavy (non-hydrogen) atoms. The van der Waals surface area contributed by atoms with E-state index in [9.17, 15) is 18.0 Å². The second-order valence-electron chi connectivity index (χ2n) is 4.61. The lowest BCUT2D eigenvalue weighted by molar-refractivity contribution is -0.160. The normalized spacial score (nSPS) is 14.1. The fourth-order valence-corrected chi connectivity index (χ4v) is 1.82. The molecule has 0 radical (unpaired) electrons. The average molecular weight is 354 g/mol. The third-order valence-corrected chi connectivity index (χ3v) is 3.30. The van der Waals surface area contributed by atoms with Crippen LogP contribution in [0.25, 0.3) is 0 Å². The zero-order valence-corrected chi connectivity index (χ0v) is 13.5. The number of alkyl carbamates (subject to hydrolysis) is 1. The summed E-state index contributed by atoms with van der Waals surface area (Å²) in [6.07, 6.45) is -5.68. The summed E-state index contributed by atoms with van der Waals surface area (Å²) < 4.78 is 40.0. The molecule has 0 heterocycles. The Morgan fingerprint density at radius 1 is 1.32 bits per heavy atom. The molecule has 2 N–H and O–H groups in total. The first kappa shape index (κ1) is 18.8. The van der Waals surface area contributed by atoms with Crippen molar-refractivity contribution in [3.63, 3.8) is 0 Å². The summed E-state index contributed by atoms with van der Waals surface area (Å²) in [5.41, 5.74) is 0.794. The lowest BCUT2D eigenvalue weighted by Gasteiger charge is -2.22. The Morgan fingerprint density at radius 3 is 2.41 bits per heavy atom. The van der Waals surface area contributed by atoms with Crippen molar-refractivity contribution >= 4 is 37.0 Å². The smallest absolute Gasteiger partial charge is 0.422 e. The molecule has 0 fully saturated rings. The van der Waals surface area contributed by atoms with E-state index < -0.39 is 24.9 Å². The number of hydrogen-bond acceptors (Lipinski definition) is 5. The molecule has 1 amide bonds. The molecule has 2 unspecified atom stereocenters. The number of nitrogens with one attached hydrogen (secondary N) is 2. The van der Waals surface area contributed by atoms with Crippen LogP contribution in [0.1, 0.15) is 6.92 Å². The van der Waals surface area contributed by atoms with Crippen LogP contribution in [0, 0.1) is 0 Å². The molecule has 0 saturated carbocycles. The van der Waals surface area contributed by atoms with Gasteiger partial charge in [-0.1, -0.05) is 6.92 Å². The second kappa shape index (κ2) is 8.42. The minimum absolute atomic E-state index is 0.282. The van der Waals surface area contributed by atoms with E-state index in [0.717, 1.165) is 10.6 Å². The van der Waals surface area contributed by atoms with Crippen LogP contribution in [0.5, 0.6) is 0 Å². The molecule has 0 spiro atoms. The van der Waals surface area contributed by atoms with Crippen LogP contribution in [0.4, 0.5) is 23.7 Å². The number of carbonyl (C=O) groups excluding carboxylic acids is 1. The van der Waals surface area contributed by atoms with E-state index in [1.807, 2.05) is 0 Å². The van der Waals surface area contributed by atoms with Gasteiger partial charge < -0.3 is 15.4 Å². The van der Waals surface area contributed by atoms with Crippen molar-refractivity contribution in [2.75, 3.05) is 18.5 Å². The SMILES string of the molecule is CC(S)C(CNc1ccc(S)cc1)NC(=O)OCC(F)(F)F. The number of halogens is 3. The van der Waals surface area contributed by atoms with Crippen LogP contribution >= 0.6 is 25.3 Å². The summed E-state index contributed by atoms with van der Waals surface area (Å²) in [5.74, 6) is 0. The summed E-state index contributed by atoms with van der Waals surface area (Å²) in [4.78, 5) is 12.2. The van der Waals surface area contributed by atoms with E-state index >= 15 is 0 Å². The summed E-state index contributed by atoms with van der Waals surface area (Å²) >= 11 is 8.37. The van der Waals surface area contributed by atoms with E-state index in [2.05, 4.69) is 40.6 Å². The van der Waals surface area contributed by atoms with Gasteiger partial charge in [-0.3, -0.25) is 0 Å². The quantitative estimate of drug-likeness (QED) is 0.593. The third-order valence-electron chi connectivity index (χ3n) is 2.65. The van der Waals surface area contributed by atoms with Crippen molar-refractivity contribution in [1.82, 2.24) is 5.32 Å². The van der Waals surface area contributed by atoms with Crippen molar-refractivity contribution < 1.29 is 22.7 Å². The largest absolute Gasteiger partial charge is 0.440 e. The molecule has 124 valence electrons. The van der Waals surface area contributed by atoms with Gasteiger partial charge in [-0.05, 0) is 24.3 Å². The van der Waals surface area contributed by atoms with Crippen molar-refractivity contribution in [1.29, 1.82) is 0 Å². The molecular weight excluding hydrogens is 337 g/mol. The number of amides is 1. The molecule has 0 aromatic heterocycles. The topological polar surface area (TPSA) is 50.4 Å². The van der Waals surface area contributed by atoms with E-state index in [1.165, 1.54) is 0 Å². The molecule has 0 aliphatic heterocycles. The number of anilines is 1. The first-order valence-electron chi connectivity index (χ1n) is 6.38. The Hall–Kier alpha value is -1.22. The van der Waals surface area contributed by atoms with E-state index in [0.29, 0.717) is 0 Å². The summed E-state index contributed by atoms with van der Waals surface area (Å²) in [6, 6.07) is 6.67. The molecular formula is C13H17F3N2O2S2. The molecule has 4 nitrogen and oxygen atoms in total. The van der Waals surface area contributed by atoms with Gasteiger partial charge in [0.25, 0.3) is 0 Å². The fraction of sp³-hybridized carbons (Fsp3) is 0.462. The number of rotatable bonds is 6. The third kappa shape index (κ3) is 7.69. The van der Waals surface area contributed by atoms with Gasteiger partial charge in [0.15, 0.2) is 6.61 Å². The van der Waals surface area contributed by atoms with E-state index in [4.69, 9.17) is 0 Å². The minimum Gasteiger partial charge on any atom is -0.440 e. The molecule has 0 saturated heterocycles. The zero-order chi connectivity index (χ0) is 16.8. The molecule has 9 heteroatoms. The Labute approximate surface area is 137 Å². The van der Waals surface area contributed by atoms with Crippen LogP contribution in [-0.2, 0) is 4.74 Å². The highest BCUT2D eigenvalue weighted by molar-refractivity contribution is 7.81. The molecule has 2 atom stereocenters. The zero-order valence-electron chi connectivity index (χ0n) is 11.7. The predicted molar refractivity (Wildman–Crippen MR) is 85.0 cm³/mol. The number of alkyl halides is 3. The highest BCUT2D eigenvalue weighted by atomic mass is 32.1. The maximum absolute atomic E-state index is 12.0. The van der Waals surface area contributed by atoms with Gasteiger partial charge in [0.05, 0.1) is 6.04 Å². The highest BCUT2D eigenvalue weighted by Crippen LogP contribution is 2.15. The van der Waals surface area contributed by atoms with Crippen molar-refractivity contribution in [3.05, 3.63) is 24.3 Å². The summed E-state index contributed by atoms with van der Waals surface area (Å²) in [7, 11) is 0. The molecule has 0 aliphatic rings. The number of ether oxygens (including phenoxy) is 1. The highest BCUT2D eigenvalue weighted by Gasteiger charge is 2.30. The maximum Gasteiger partial charge on any atom is 0.422 e. The van der Waals surface area contributed by atoms with Gasteiger partial charge in [0, 0.05) is 22.4 Å². The fourth-order valence-electron chi connectivity index (χ4n) is 1.49. The van der Waals surface area contributed by atoms with Crippen molar-refractivity contribution in [2.24, 2.45) is 0 Å². The van der Waals surface area contributed by atoms with Gasteiger partial charge >= 0.3 is 12.3 Å². The van der Waals surface area contributed by atoms with Crippen LogP contribution in [0.2, 0.25) is 0 Å². The van der Waals surface area contributed by atoms with E-state index in [1.54, 1.807) is 31.2 Å². The maximum atomic E-state index is 12.0. The molecule has 1 aromatic carbocycles. The Morgan fingerprint density at radius 2 is 1.91 bits per heavy atom. The number of thiol groups is 2. The standard InChI is InChI=1S/C13H17F3N2O2S2/c1-8(21)11(18-12(19)20-7-13(14,15)16)6-17-9-2-4-10(22)5-3-9/h2-5,8,11,17,21-22H,6-7H2,1H3,(H,18,19). The number of hydrogen-bond donors (Lipinski definition) is 4. The monoisotopic (exact) mass is 354 g/mol. The number of benzene rings is 1. The second-order valence-corrected chi connectivity index (χ2v) is 5.94.